The summed E-state index contributed by atoms with van der Waals surface area (Å²) >= 11 is 5.77. The summed E-state index contributed by atoms with van der Waals surface area (Å²) in [4.78, 5) is 23.5. The summed E-state index contributed by atoms with van der Waals surface area (Å²) in [5, 5.41) is 3.26. The quantitative estimate of drug-likeness (QED) is 0.834. The SMILES string of the molecule is O=C(Cc1ccc(Cl)cc1)C(=O)NCCc1ccccc1. The summed E-state index contributed by atoms with van der Waals surface area (Å²) in [6.45, 7) is 0.454. The summed E-state index contributed by atoms with van der Waals surface area (Å²) < 4.78 is 0. The normalized spacial score (nSPS) is 10.1. The molecular formula is C17H16ClNO2. The van der Waals surface area contributed by atoms with E-state index in [4.69, 9.17) is 11.6 Å². The Balaban J connectivity index is 1.77. The van der Waals surface area contributed by atoms with Crippen molar-refractivity contribution in [1.29, 1.82) is 0 Å². The van der Waals surface area contributed by atoms with E-state index in [1.165, 1.54) is 0 Å². The molecule has 1 N–H and O–H groups in total. The van der Waals surface area contributed by atoms with Crippen LogP contribution in [0.1, 0.15) is 11.1 Å². The predicted molar refractivity (Wildman–Crippen MR) is 83.3 cm³/mol. The van der Waals surface area contributed by atoms with Gasteiger partial charge in [-0.25, -0.2) is 0 Å². The first-order valence-electron chi connectivity index (χ1n) is 6.74. The van der Waals surface area contributed by atoms with Crippen LogP contribution in [0.15, 0.2) is 54.6 Å². The van der Waals surface area contributed by atoms with Gasteiger partial charge in [0.2, 0.25) is 5.78 Å². The van der Waals surface area contributed by atoms with Gasteiger partial charge in [-0.15, -0.1) is 0 Å². The molecule has 0 saturated heterocycles. The van der Waals surface area contributed by atoms with Crippen molar-refractivity contribution in [2.45, 2.75) is 12.8 Å². The van der Waals surface area contributed by atoms with Gasteiger partial charge in [0.25, 0.3) is 5.91 Å². The third-order valence-electron chi connectivity index (χ3n) is 3.07. The van der Waals surface area contributed by atoms with Crippen molar-refractivity contribution in [2.75, 3.05) is 6.54 Å². The summed E-state index contributed by atoms with van der Waals surface area (Å²) in [6.07, 6.45) is 0.801. The minimum atomic E-state index is -0.541. The maximum Gasteiger partial charge on any atom is 0.287 e. The molecule has 21 heavy (non-hydrogen) atoms. The van der Waals surface area contributed by atoms with Crippen molar-refractivity contribution in [3.8, 4) is 0 Å². The first-order valence-corrected chi connectivity index (χ1v) is 7.12. The van der Waals surface area contributed by atoms with E-state index >= 15 is 0 Å². The van der Waals surface area contributed by atoms with E-state index in [2.05, 4.69) is 5.32 Å². The molecule has 108 valence electrons. The number of rotatable bonds is 6. The van der Waals surface area contributed by atoms with E-state index < -0.39 is 11.7 Å². The molecule has 0 fully saturated rings. The molecule has 2 rings (SSSR count). The van der Waals surface area contributed by atoms with Gasteiger partial charge in [0.05, 0.1) is 0 Å². The number of nitrogens with one attached hydrogen (secondary N) is 1. The smallest absolute Gasteiger partial charge is 0.287 e. The van der Waals surface area contributed by atoms with Crippen LogP contribution in [0.3, 0.4) is 0 Å². The van der Waals surface area contributed by atoms with Crippen molar-refractivity contribution in [3.05, 3.63) is 70.7 Å². The average molecular weight is 302 g/mol. The molecule has 0 bridgehead atoms. The van der Waals surface area contributed by atoms with Crippen LogP contribution in [0.2, 0.25) is 5.02 Å². The molecule has 3 nitrogen and oxygen atoms in total. The first kappa shape index (κ1) is 15.3. The van der Waals surface area contributed by atoms with Crippen molar-refractivity contribution in [1.82, 2.24) is 5.32 Å². The second-order valence-corrected chi connectivity index (χ2v) is 5.15. The minimum absolute atomic E-state index is 0.0916. The van der Waals surface area contributed by atoms with Gasteiger partial charge in [-0.2, -0.15) is 0 Å². The highest BCUT2D eigenvalue weighted by atomic mass is 35.5. The molecule has 0 aliphatic carbocycles. The highest BCUT2D eigenvalue weighted by Gasteiger charge is 2.13. The van der Waals surface area contributed by atoms with Crippen LogP contribution in [0, 0.1) is 0 Å². The van der Waals surface area contributed by atoms with Gasteiger partial charge in [0.1, 0.15) is 0 Å². The fourth-order valence-electron chi connectivity index (χ4n) is 1.93. The molecule has 1 amide bonds. The number of carbonyl (C=O) groups excluding carboxylic acids is 2. The molecule has 0 aliphatic rings. The van der Waals surface area contributed by atoms with Crippen molar-refractivity contribution in [2.24, 2.45) is 0 Å². The van der Waals surface area contributed by atoms with Gasteiger partial charge < -0.3 is 5.32 Å². The molecule has 0 spiro atoms. The number of amides is 1. The molecular weight excluding hydrogens is 286 g/mol. The zero-order chi connectivity index (χ0) is 15.1. The van der Waals surface area contributed by atoms with Gasteiger partial charge in [-0.05, 0) is 29.7 Å². The molecule has 0 unspecified atom stereocenters. The van der Waals surface area contributed by atoms with Crippen molar-refractivity contribution in [3.63, 3.8) is 0 Å². The molecule has 0 atom stereocenters. The number of halogens is 1. The zero-order valence-electron chi connectivity index (χ0n) is 11.5. The predicted octanol–water partition coefficient (Wildman–Crippen LogP) is 2.81. The number of benzene rings is 2. The second-order valence-electron chi connectivity index (χ2n) is 4.72. The number of hydrogen-bond acceptors (Lipinski definition) is 2. The maximum atomic E-state index is 11.8. The Morgan fingerprint density at radius 3 is 2.24 bits per heavy atom. The Morgan fingerprint density at radius 2 is 1.57 bits per heavy atom. The monoisotopic (exact) mass is 301 g/mol. The molecule has 2 aromatic rings. The van der Waals surface area contributed by atoms with Gasteiger partial charge >= 0.3 is 0 Å². The topological polar surface area (TPSA) is 46.2 Å². The van der Waals surface area contributed by atoms with Crippen LogP contribution >= 0.6 is 11.6 Å². The Labute approximate surface area is 128 Å². The Hall–Kier alpha value is -2.13. The summed E-state index contributed by atoms with van der Waals surface area (Å²) in [5.41, 5.74) is 1.91. The molecule has 0 aromatic heterocycles. The van der Waals surface area contributed by atoms with Crippen LogP contribution in [0.25, 0.3) is 0 Å². The van der Waals surface area contributed by atoms with E-state index in [-0.39, 0.29) is 6.42 Å². The highest BCUT2D eigenvalue weighted by molar-refractivity contribution is 6.36. The standard InChI is InChI=1S/C17H16ClNO2/c18-15-8-6-14(7-9-15)12-16(20)17(21)19-11-10-13-4-2-1-3-5-13/h1-9H,10-12H2,(H,19,21). The summed E-state index contributed by atoms with van der Waals surface area (Å²) in [5.74, 6) is -0.980. The average Bonchev–Trinajstić information content (AvgIpc) is 2.50. The lowest BCUT2D eigenvalue weighted by atomic mass is 10.1. The van der Waals surface area contributed by atoms with Crippen LogP contribution < -0.4 is 5.32 Å². The lowest BCUT2D eigenvalue weighted by Crippen LogP contribution is -2.33. The van der Waals surface area contributed by atoms with E-state index in [0.29, 0.717) is 18.0 Å². The molecule has 2 aromatic carbocycles. The summed E-state index contributed by atoms with van der Waals surface area (Å²) in [7, 11) is 0. The third kappa shape index (κ3) is 5.04. The van der Waals surface area contributed by atoms with Gasteiger partial charge in [-0.3, -0.25) is 9.59 Å². The Morgan fingerprint density at radius 1 is 0.905 bits per heavy atom. The van der Waals surface area contributed by atoms with Gasteiger partial charge in [-0.1, -0.05) is 54.1 Å². The van der Waals surface area contributed by atoms with E-state index in [1.807, 2.05) is 30.3 Å². The largest absolute Gasteiger partial charge is 0.349 e. The lowest BCUT2D eigenvalue weighted by Gasteiger charge is -2.05. The fourth-order valence-corrected chi connectivity index (χ4v) is 2.06. The fraction of sp³-hybridized carbons (Fsp3) is 0.176. The summed E-state index contributed by atoms with van der Waals surface area (Å²) in [6, 6.07) is 16.7. The van der Waals surface area contributed by atoms with Crippen LogP contribution in [-0.4, -0.2) is 18.2 Å². The number of carbonyl (C=O) groups is 2. The Kier molecular flexibility index (Phi) is 5.52. The molecule has 0 radical (unpaired) electrons. The Bertz CT molecular complexity index is 608. The second kappa shape index (κ2) is 7.60. The van der Waals surface area contributed by atoms with Crippen LogP contribution in [0.5, 0.6) is 0 Å². The van der Waals surface area contributed by atoms with Crippen LogP contribution in [0.4, 0.5) is 0 Å². The maximum absolute atomic E-state index is 11.8. The lowest BCUT2D eigenvalue weighted by molar-refractivity contribution is -0.137. The van der Waals surface area contributed by atoms with E-state index in [9.17, 15) is 9.59 Å². The van der Waals surface area contributed by atoms with Gasteiger partial charge in [0.15, 0.2) is 0 Å². The minimum Gasteiger partial charge on any atom is -0.349 e. The van der Waals surface area contributed by atoms with Crippen molar-refractivity contribution < 1.29 is 9.59 Å². The van der Waals surface area contributed by atoms with Crippen molar-refractivity contribution >= 4 is 23.3 Å². The molecule has 0 aliphatic heterocycles. The van der Waals surface area contributed by atoms with Crippen LogP contribution in [-0.2, 0) is 22.4 Å². The molecule has 0 heterocycles. The molecule has 4 heteroatoms. The molecule has 0 saturated carbocycles. The van der Waals surface area contributed by atoms with E-state index in [0.717, 1.165) is 11.1 Å². The third-order valence-corrected chi connectivity index (χ3v) is 3.33. The zero-order valence-corrected chi connectivity index (χ0v) is 12.3. The van der Waals surface area contributed by atoms with E-state index in [1.54, 1.807) is 24.3 Å². The number of Topliss-reactive ketones (excluding diaryl/α,β-unsaturated/α-hetero) is 1. The first-order chi connectivity index (χ1) is 10.1. The highest BCUT2D eigenvalue weighted by Crippen LogP contribution is 2.10. The number of hydrogen-bond donors (Lipinski definition) is 1. The number of ketones is 1. The van der Waals surface area contributed by atoms with Gasteiger partial charge in [0, 0.05) is 18.0 Å².